The number of fused-ring (bicyclic) bond motifs is 3. The third-order valence-electron chi connectivity index (χ3n) is 3.94. The summed E-state index contributed by atoms with van der Waals surface area (Å²) < 4.78 is 15.7. The molecular weight excluding hydrogens is 350 g/mol. The van der Waals surface area contributed by atoms with E-state index in [-0.39, 0.29) is 23.0 Å². The van der Waals surface area contributed by atoms with E-state index in [0.29, 0.717) is 22.1 Å². The van der Waals surface area contributed by atoms with E-state index in [4.69, 9.17) is 19.6 Å². The number of hydrogen-bond donors (Lipinski definition) is 1. The molecule has 0 unspecified atom stereocenters. The molecule has 3 aromatic rings. The highest BCUT2D eigenvalue weighted by molar-refractivity contribution is 6.05. The molecule has 2 aromatic carbocycles. The maximum atomic E-state index is 12.4. The number of ether oxygens (including phenoxy) is 2. The second-order valence-electron chi connectivity index (χ2n) is 6.54. The first kappa shape index (κ1) is 18.6. The molecule has 0 aliphatic heterocycles. The molecule has 0 amide bonds. The van der Waals surface area contributed by atoms with Crippen LogP contribution in [-0.4, -0.2) is 18.0 Å². The van der Waals surface area contributed by atoms with Crippen molar-refractivity contribution in [2.45, 2.75) is 26.8 Å². The summed E-state index contributed by atoms with van der Waals surface area (Å²) in [6.45, 7) is 4.97. The molecule has 0 saturated heterocycles. The standard InChI is InChI=1S/C20H19NO6/c1-10(2)18(22)25-13-5-7-15-14-6-4-12(26-19(23)11(3)21)8-16(14)20(24)27-17(15)9-13/h4-11H,21H2,1-3H3/t11-/m1/s1. The Balaban J connectivity index is 2.05. The fourth-order valence-corrected chi connectivity index (χ4v) is 2.46. The van der Waals surface area contributed by atoms with Crippen molar-refractivity contribution >= 4 is 33.7 Å². The Morgan fingerprint density at radius 3 is 2.11 bits per heavy atom. The maximum absolute atomic E-state index is 12.4. The molecule has 0 saturated carbocycles. The summed E-state index contributed by atoms with van der Waals surface area (Å²) in [5.41, 5.74) is 5.18. The predicted octanol–water partition coefficient (Wildman–Crippen LogP) is 2.76. The fraction of sp³-hybridized carbons (Fsp3) is 0.250. The Kier molecular flexibility index (Phi) is 4.96. The molecule has 7 heteroatoms. The van der Waals surface area contributed by atoms with Gasteiger partial charge in [0.05, 0.1) is 11.3 Å². The number of carbonyl (C=O) groups excluding carboxylic acids is 2. The normalized spacial score (nSPS) is 12.3. The highest BCUT2D eigenvalue weighted by atomic mass is 16.5. The first-order chi connectivity index (χ1) is 12.8. The van der Waals surface area contributed by atoms with Gasteiger partial charge in [0.2, 0.25) is 0 Å². The highest BCUT2D eigenvalue weighted by Gasteiger charge is 2.15. The van der Waals surface area contributed by atoms with Crippen LogP contribution in [0.1, 0.15) is 20.8 Å². The molecule has 3 rings (SSSR count). The Labute approximate surface area is 154 Å². The van der Waals surface area contributed by atoms with E-state index >= 15 is 0 Å². The number of rotatable bonds is 4. The van der Waals surface area contributed by atoms with Crippen molar-refractivity contribution in [3.8, 4) is 11.5 Å². The van der Waals surface area contributed by atoms with Crippen LogP contribution in [0, 0.1) is 5.92 Å². The van der Waals surface area contributed by atoms with E-state index in [9.17, 15) is 14.4 Å². The minimum absolute atomic E-state index is 0.207. The quantitative estimate of drug-likeness (QED) is 0.326. The lowest BCUT2D eigenvalue weighted by Crippen LogP contribution is -2.30. The van der Waals surface area contributed by atoms with Crippen LogP contribution in [0.5, 0.6) is 11.5 Å². The van der Waals surface area contributed by atoms with Crippen LogP contribution in [0.4, 0.5) is 0 Å². The molecule has 2 N–H and O–H groups in total. The van der Waals surface area contributed by atoms with Gasteiger partial charge in [-0.25, -0.2) is 9.59 Å². The summed E-state index contributed by atoms with van der Waals surface area (Å²) in [5.74, 6) is -0.749. The van der Waals surface area contributed by atoms with Crippen LogP contribution in [0.3, 0.4) is 0 Å². The van der Waals surface area contributed by atoms with Gasteiger partial charge in [-0.2, -0.15) is 0 Å². The van der Waals surface area contributed by atoms with Crippen molar-refractivity contribution in [3.63, 3.8) is 0 Å². The maximum Gasteiger partial charge on any atom is 0.344 e. The van der Waals surface area contributed by atoms with Crippen molar-refractivity contribution in [2.75, 3.05) is 0 Å². The summed E-state index contributed by atoms with van der Waals surface area (Å²) >= 11 is 0. The van der Waals surface area contributed by atoms with Crippen molar-refractivity contribution in [3.05, 3.63) is 46.8 Å². The van der Waals surface area contributed by atoms with E-state index in [1.165, 1.54) is 19.1 Å². The van der Waals surface area contributed by atoms with E-state index in [1.807, 2.05) is 0 Å². The first-order valence-corrected chi connectivity index (χ1v) is 8.46. The summed E-state index contributed by atoms with van der Waals surface area (Å²) in [7, 11) is 0. The molecule has 1 atom stereocenters. The Morgan fingerprint density at radius 1 is 0.889 bits per heavy atom. The molecule has 7 nitrogen and oxygen atoms in total. The Bertz CT molecular complexity index is 1100. The zero-order valence-corrected chi connectivity index (χ0v) is 15.1. The third kappa shape index (κ3) is 3.83. The lowest BCUT2D eigenvalue weighted by atomic mass is 10.1. The van der Waals surface area contributed by atoms with Crippen LogP contribution in [-0.2, 0) is 9.59 Å². The highest BCUT2D eigenvalue weighted by Crippen LogP contribution is 2.29. The minimum Gasteiger partial charge on any atom is -0.426 e. The van der Waals surface area contributed by atoms with Crippen molar-refractivity contribution in [1.82, 2.24) is 0 Å². The molecule has 1 heterocycles. The van der Waals surface area contributed by atoms with Crippen LogP contribution in [0.25, 0.3) is 21.7 Å². The van der Waals surface area contributed by atoms with Gasteiger partial charge in [0, 0.05) is 16.8 Å². The molecule has 0 radical (unpaired) electrons. The number of benzene rings is 2. The van der Waals surface area contributed by atoms with Gasteiger partial charge in [0.1, 0.15) is 23.1 Å². The lowest BCUT2D eigenvalue weighted by molar-refractivity contribution is -0.138. The van der Waals surface area contributed by atoms with Gasteiger partial charge in [-0.15, -0.1) is 0 Å². The van der Waals surface area contributed by atoms with E-state index < -0.39 is 17.6 Å². The smallest absolute Gasteiger partial charge is 0.344 e. The molecule has 0 fully saturated rings. The van der Waals surface area contributed by atoms with Crippen LogP contribution < -0.4 is 20.8 Å². The molecule has 0 aliphatic rings. The fourth-order valence-electron chi connectivity index (χ4n) is 2.46. The number of hydrogen-bond acceptors (Lipinski definition) is 7. The van der Waals surface area contributed by atoms with Gasteiger partial charge in [0.25, 0.3) is 0 Å². The average Bonchev–Trinajstić information content (AvgIpc) is 2.61. The molecule has 0 spiro atoms. The predicted molar refractivity (Wildman–Crippen MR) is 99.7 cm³/mol. The van der Waals surface area contributed by atoms with Crippen LogP contribution >= 0.6 is 0 Å². The van der Waals surface area contributed by atoms with Gasteiger partial charge >= 0.3 is 17.6 Å². The van der Waals surface area contributed by atoms with Crippen molar-refractivity contribution in [1.29, 1.82) is 0 Å². The molecule has 1 aromatic heterocycles. The Morgan fingerprint density at radius 2 is 1.48 bits per heavy atom. The topological polar surface area (TPSA) is 109 Å². The second kappa shape index (κ2) is 7.20. The number of nitrogens with two attached hydrogens (primary N) is 1. The van der Waals surface area contributed by atoms with Gasteiger partial charge in [0.15, 0.2) is 0 Å². The average molecular weight is 369 g/mol. The summed E-state index contributed by atoms with van der Waals surface area (Å²) in [6.07, 6.45) is 0. The zero-order chi connectivity index (χ0) is 19.7. The lowest BCUT2D eigenvalue weighted by Gasteiger charge is -2.09. The van der Waals surface area contributed by atoms with E-state index in [2.05, 4.69) is 0 Å². The summed E-state index contributed by atoms with van der Waals surface area (Å²) in [4.78, 5) is 35.7. The second-order valence-corrected chi connectivity index (χ2v) is 6.54. The molecular formula is C20H19NO6. The van der Waals surface area contributed by atoms with Crippen molar-refractivity contribution in [2.24, 2.45) is 11.7 Å². The first-order valence-electron chi connectivity index (χ1n) is 8.46. The zero-order valence-electron chi connectivity index (χ0n) is 15.1. The third-order valence-corrected chi connectivity index (χ3v) is 3.94. The van der Waals surface area contributed by atoms with Crippen LogP contribution in [0.15, 0.2) is 45.6 Å². The van der Waals surface area contributed by atoms with E-state index in [1.54, 1.807) is 38.1 Å². The number of esters is 2. The summed E-state index contributed by atoms with van der Waals surface area (Å²) in [5, 5.41) is 1.56. The monoisotopic (exact) mass is 369 g/mol. The number of carbonyl (C=O) groups is 2. The molecule has 140 valence electrons. The van der Waals surface area contributed by atoms with Gasteiger partial charge in [-0.1, -0.05) is 13.8 Å². The largest absolute Gasteiger partial charge is 0.426 e. The molecule has 0 aliphatic carbocycles. The van der Waals surface area contributed by atoms with Crippen molar-refractivity contribution < 1.29 is 23.5 Å². The van der Waals surface area contributed by atoms with Crippen LogP contribution in [0.2, 0.25) is 0 Å². The Hall–Kier alpha value is -3.19. The summed E-state index contributed by atoms with van der Waals surface area (Å²) in [6, 6.07) is 8.74. The SMILES string of the molecule is CC(C)C(=O)Oc1ccc2c(c1)oc(=O)c1cc(OC(=O)[C@@H](C)N)ccc12. The van der Waals surface area contributed by atoms with Gasteiger partial charge in [-0.3, -0.25) is 4.79 Å². The van der Waals surface area contributed by atoms with Gasteiger partial charge in [-0.05, 0) is 37.3 Å². The van der Waals surface area contributed by atoms with E-state index in [0.717, 1.165) is 0 Å². The van der Waals surface area contributed by atoms with Gasteiger partial charge < -0.3 is 19.6 Å². The molecule has 27 heavy (non-hydrogen) atoms. The minimum atomic E-state index is -0.777. The molecule has 0 bridgehead atoms.